The van der Waals surface area contributed by atoms with Crippen LogP contribution in [-0.4, -0.2) is 22.6 Å². The molecular formula is C17H16BrF3N4O2. The smallest absolute Gasteiger partial charge is 0.406 e. The lowest BCUT2D eigenvalue weighted by Crippen LogP contribution is -2.34. The standard InChI is InChI=1S/C17H16BrF3N4O2/c18-11-5-2-6-12(7-11)24-15-22-9-13(14(25-15)17(19,20)21)27-16(26)23-8-10-3-1-4-10/h2,5-7,9-10H,1,3-4,8H2,(H,23,26)(H,22,24,25). The van der Waals surface area contributed by atoms with Gasteiger partial charge in [-0.05, 0) is 37.0 Å². The van der Waals surface area contributed by atoms with Crippen LogP contribution in [0.2, 0.25) is 0 Å². The topological polar surface area (TPSA) is 76.1 Å². The molecule has 1 heterocycles. The van der Waals surface area contributed by atoms with Gasteiger partial charge >= 0.3 is 12.3 Å². The Balaban J connectivity index is 1.74. The molecule has 1 aliphatic carbocycles. The van der Waals surface area contributed by atoms with E-state index in [-0.39, 0.29) is 5.95 Å². The highest BCUT2D eigenvalue weighted by molar-refractivity contribution is 9.10. The summed E-state index contributed by atoms with van der Waals surface area (Å²) in [5.41, 5.74) is -0.821. The van der Waals surface area contributed by atoms with Gasteiger partial charge in [0.05, 0.1) is 6.20 Å². The Hall–Kier alpha value is -2.36. The van der Waals surface area contributed by atoms with Crippen molar-refractivity contribution >= 4 is 33.7 Å². The molecule has 1 amide bonds. The first-order valence-corrected chi connectivity index (χ1v) is 9.03. The van der Waals surface area contributed by atoms with Crippen molar-refractivity contribution in [2.45, 2.75) is 25.4 Å². The second-order valence-electron chi connectivity index (χ2n) is 6.11. The van der Waals surface area contributed by atoms with Crippen molar-refractivity contribution in [2.75, 3.05) is 11.9 Å². The van der Waals surface area contributed by atoms with Crippen LogP contribution in [-0.2, 0) is 6.18 Å². The number of hydrogen-bond acceptors (Lipinski definition) is 5. The van der Waals surface area contributed by atoms with E-state index in [0.717, 1.165) is 29.9 Å². The van der Waals surface area contributed by atoms with Crippen molar-refractivity contribution in [3.63, 3.8) is 0 Å². The molecule has 1 aliphatic rings. The average molecular weight is 445 g/mol. The zero-order valence-electron chi connectivity index (χ0n) is 14.0. The molecule has 0 atom stereocenters. The third kappa shape index (κ3) is 5.31. The van der Waals surface area contributed by atoms with Gasteiger partial charge in [0.2, 0.25) is 5.95 Å². The summed E-state index contributed by atoms with van der Waals surface area (Å²) < 4.78 is 45.5. The lowest BCUT2D eigenvalue weighted by atomic mass is 9.85. The molecule has 0 unspecified atom stereocenters. The van der Waals surface area contributed by atoms with Crippen molar-refractivity contribution in [3.8, 4) is 5.75 Å². The van der Waals surface area contributed by atoms with E-state index in [0.29, 0.717) is 18.2 Å². The van der Waals surface area contributed by atoms with Gasteiger partial charge in [0, 0.05) is 16.7 Å². The number of carbonyl (C=O) groups is 1. The number of nitrogens with zero attached hydrogens (tertiary/aromatic N) is 2. The highest BCUT2D eigenvalue weighted by Gasteiger charge is 2.38. The zero-order valence-corrected chi connectivity index (χ0v) is 15.6. The lowest BCUT2D eigenvalue weighted by Gasteiger charge is -2.25. The van der Waals surface area contributed by atoms with E-state index in [2.05, 4.69) is 36.5 Å². The molecule has 1 aromatic heterocycles. The summed E-state index contributed by atoms with van der Waals surface area (Å²) in [6, 6.07) is 6.79. The summed E-state index contributed by atoms with van der Waals surface area (Å²) in [6.07, 6.45) is -1.84. The summed E-state index contributed by atoms with van der Waals surface area (Å²) in [5.74, 6) is -0.649. The zero-order chi connectivity index (χ0) is 19.4. The molecule has 144 valence electrons. The van der Waals surface area contributed by atoms with E-state index in [1.54, 1.807) is 24.3 Å². The van der Waals surface area contributed by atoms with Gasteiger partial charge in [-0.15, -0.1) is 0 Å². The van der Waals surface area contributed by atoms with Crippen LogP contribution in [0.5, 0.6) is 5.75 Å². The number of carbonyl (C=O) groups excluding carboxylic acids is 1. The molecule has 0 bridgehead atoms. The number of rotatable bonds is 5. The second kappa shape index (κ2) is 8.12. The third-order valence-corrected chi connectivity index (χ3v) is 4.56. The Labute approximate surface area is 161 Å². The van der Waals surface area contributed by atoms with Crippen molar-refractivity contribution in [3.05, 3.63) is 40.6 Å². The normalized spacial score (nSPS) is 14.4. The number of halogens is 4. The highest BCUT2D eigenvalue weighted by atomic mass is 79.9. The Morgan fingerprint density at radius 1 is 1.33 bits per heavy atom. The third-order valence-electron chi connectivity index (χ3n) is 4.07. The molecule has 0 radical (unpaired) electrons. The van der Waals surface area contributed by atoms with E-state index in [4.69, 9.17) is 4.74 Å². The quantitative estimate of drug-likeness (QED) is 0.686. The van der Waals surface area contributed by atoms with Crippen LogP contribution in [0.4, 0.5) is 29.6 Å². The number of anilines is 2. The molecule has 2 aromatic rings. The number of hydrogen-bond donors (Lipinski definition) is 2. The maximum Gasteiger partial charge on any atom is 0.437 e. The SMILES string of the molecule is O=C(NCC1CCC1)Oc1cnc(Nc2cccc(Br)c2)nc1C(F)(F)F. The van der Waals surface area contributed by atoms with Gasteiger partial charge in [0.25, 0.3) is 0 Å². The molecule has 27 heavy (non-hydrogen) atoms. The van der Waals surface area contributed by atoms with E-state index in [1.807, 2.05) is 0 Å². The van der Waals surface area contributed by atoms with Crippen LogP contribution in [0.15, 0.2) is 34.9 Å². The molecule has 1 saturated carbocycles. The van der Waals surface area contributed by atoms with Crippen LogP contribution in [0.25, 0.3) is 0 Å². The molecule has 2 N–H and O–H groups in total. The number of benzene rings is 1. The molecule has 0 spiro atoms. The van der Waals surface area contributed by atoms with E-state index < -0.39 is 23.7 Å². The maximum atomic E-state index is 13.3. The molecule has 1 aromatic carbocycles. The first-order valence-electron chi connectivity index (χ1n) is 8.24. The van der Waals surface area contributed by atoms with Crippen LogP contribution in [0.1, 0.15) is 25.0 Å². The van der Waals surface area contributed by atoms with Gasteiger partial charge in [-0.2, -0.15) is 13.2 Å². The van der Waals surface area contributed by atoms with Crippen molar-refractivity contribution in [2.24, 2.45) is 5.92 Å². The summed E-state index contributed by atoms with van der Waals surface area (Å²) in [6.45, 7) is 0.379. The van der Waals surface area contributed by atoms with Gasteiger partial charge < -0.3 is 15.4 Å². The Kier molecular flexibility index (Phi) is 5.83. The van der Waals surface area contributed by atoms with Crippen molar-refractivity contribution in [1.29, 1.82) is 0 Å². The van der Waals surface area contributed by atoms with E-state index in [9.17, 15) is 18.0 Å². The minimum Gasteiger partial charge on any atom is -0.406 e. The van der Waals surface area contributed by atoms with E-state index in [1.165, 1.54) is 0 Å². The highest BCUT2D eigenvalue weighted by Crippen LogP contribution is 2.35. The largest absolute Gasteiger partial charge is 0.437 e. The number of amides is 1. The minimum atomic E-state index is -4.81. The van der Waals surface area contributed by atoms with Crippen LogP contribution >= 0.6 is 15.9 Å². The van der Waals surface area contributed by atoms with Crippen molar-refractivity contribution in [1.82, 2.24) is 15.3 Å². The number of ether oxygens (including phenoxy) is 1. The Morgan fingerprint density at radius 2 is 2.11 bits per heavy atom. The van der Waals surface area contributed by atoms with Crippen molar-refractivity contribution < 1.29 is 22.7 Å². The average Bonchev–Trinajstić information content (AvgIpc) is 2.54. The Bertz CT molecular complexity index is 828. The summed E-state index contributed by atoms with van der Waals surface area (Å²) >= 11 is 3.27. The summed E-state index contributed by atoms with van der Waals surface area (Å²) in [4.78, 5) is 19.1. The number of nitrogens with one attached hydrogen (secondary N) is 2. The summed E-state index contributed by atoms with van der Waals surface area (Å²) in [5, 5.41) is 5.15. The molecule has 10 heteroatoms. The van der Waals surface area contributed by atoms with Crippen LogP contribution < -0.4 is 15.4 Å². The predicted octanol–water partition coefficient (Wildman–Crippen LogP) is 4.89. The first kappa shape index (κ1) is 19.4. The van der Waals surface area contributed by atoms with Gasteiger partial charge in [0.15, 0.2) is 11.4 Å². The minimum absolute atomic E-state index is 0.261. The fraction of sp³-hybridized carbons (Fsp3) is 0.353. The van der Waals surface area contributed by atoms with Crippen LogP contribution in [0.3, 0.4) is 0 Å². The fourth-order valence-electron chi connectivity index (χ4n) is 2.46. The van der Waals surface area contributed by atoms with Gasteiger partial charge in [-0.25, -0.2) is 14.8 Å². The summed E-state index contributed by atoms with van der Waals surface area (Å²) in [7, 11) is 0. The van der Waals surface area contributed by atoms with Gasteiger partial charge in [0.1, 0.15) is 0 Å². The lowest BCUT2D eigenvalue weighted by molar-refractivity contribution is -0.142. The maximum absolute atomic E-state index is 13.3. The predicted molar refractivity (Wildman–Crippen MR) is 95.8 cm³/mol. The molecular weight excluding hydrogens is 429 g/mol. The molecule has 0 aliphatic heterocycles. The van der Waals surface area contributed by atoms with Gasteiger partial charge in [-0.1, -0.05) is 28.4 Å². The van der Waals surface area contributed by atoms with Crippen LogP contribution in [0, 0.1) is 5.92 Å². The monoisotopic (exact) mass is 444 g/mol. The molecule has 3 rings (SSSR count). The van der Waals surface area contributed by atoms with Gasteiger partial charge in [-0.3, -0.25) is 0 Å². The number of aromatic nitrogens is 2. The molecule has 1 fully saturated rings. The van der Waals surface area contributed by atoms with E-state index >= 15 is 0 Å². The second-order valence-corrected chi connectivity index (χ2v) is 7.02. The number of alkyl halides is 3. The first-order chi connectivity index (χ1) is 12.8. The Morgan fingerprint density at radius 3 is 2.74 bits per heavy atom. The fourth-order valence-corrected chi connectivity index (χ4v) is 2.86. The molecule has 0 saturated heterocycles. The molecule has 6 nitrogen and oxygen atoms in total.